The number of aryl methyl sites for hydroxylation is 1. The van der Waals surface area contributed by atoms with Gasteiger partial charge in [0, 0.05) is 38.4 Å². The van der Waals surface area contributed by atoms with Gasteiger partial charge in [-0.15, -0.1) is 0 Å². The zero-order valence-corrected chi connectivity index (χ0v) is 9.95. The predicted molar refractivity (Wildman–Crippen MR) is 65.0 cm³/mol. The number of rotatable bonds is 3. The first-order chi connectivity index (χ1) is 7.88. The third kappa shape index (κ3) is 1.82. The Bertz CT molecular complexity index is 361. The summed E-state index contributed by atoms with van der Waals surface area (Å²) in [6.45, 7) is 6.53. The fourth-order valence-electron chi connectivity index (χ4n) is 2.32. The summed E-state index contributed by atoms with van der Waals surface area (Å²) >= 11 is 0. The van der Waals surface area contributed by atoms with E-state index in [0.29, 0.717) is 0 Å². The van der Waals surface area contributed by atoms with Gasteiger partial charge < -0.3 is 14.8 Å². The topological polar surface area (TPSA) is 33.1 Å². The van der Waals surface area contributed by atoms with Crippen LogP contribution in [-0.4, -0.2) is 35.7 Å². The van der Waals surface area contributed by atoms with Crippen LogP contribution < -0.4 is 10.2 Å². The highest BCUT2D eigenvalue weighted by atomic mass is 15.3. The first-order valence-corrected chi connectivity index (χ1v) is 6.42. The molecule has 1 aromatic heterocycles. The summed E-state index contributed by atoms with van der Waals surface area (Å²) in [5.41, 5.74) is 1.24. The number of hydrogen-bond donors (Lipinski definition) is 1. The van der Waals surface area contributed by atoms with Crippen molar-refractivity contribution in [3.8, 4) is 0 Å². The number of nitrogens with one attached hydrogen (secondary N) is 1. The second kappa shape index (κ2) is 4.09. The molecule has 4 heteroatoms. The van der Waals surface area contributed by atoms with Gasteiger partial charge in [0.2, 0.25) is 5.95 Å². The molecule has 0 radical (unpaired) electrons. The second-order valence-corrected chi connectivity index (χ2v) is 4.76. The molecule has 2 fully saturated rings. The van der Waals surface area contributed by atoms with Gasteiger partial charge in [-0.05, 0) is 19.3 Å². The Labute approximate surface area is 96.7 Å². The Morgan fingerprint density at radius 3 is 2.75 bits per heavy atom. The minimum absolute atomic E-state index is 0.734. The molecular weight excluding hydrogens is 200 g/mol. The maximum absolute atomic E-state index is 4.77. The molecule has 0 atom stereocenters. The third-order valence-electron chi connectivity index (χ3n) is 3.46. The molecule has 2 heterocycles. The molecule has 0 aromatic carbocycles. The van der Waals surface area contributed by atoms with E-state index in [-0.39, 0.29) is 0 Å². The standard InChI is InChI=1S/C12H20N4/c1-2-10-9-16(11-3-4-11)12(14-10)15-7-5-13-6-8-15/h9,11,13H,2-8H2,1H3. The lowest BCUT2D eigenvalue weighted by Crippen LogP contribution is -2.44. The van der Waals surface area contributed by atoms with E-state index in [9.17, 15) is 0 Å². The van der Waals surface area contributed by atoms with E-state index < -0.39 is 0 Å². The molecule has 2 aliphatic rings. The lowest BCUT2D eigenvalue weighted by atomic mass is 10.4. The van der Waals surface area contributed by atoms with E-state index >= 15 is 0 Å². The summed E-state index contributed by atoms with van der Waals surface area (Å²) < 4.78 is 2.41. The van der Waals surface area contributed by atoms with Gasteiger partial charge in [0.25, 0.3) is 0 Å². The first kappa shape index (κ1) is 10.1. The van der Waals surface area contributed by atoms with E-state index in [1.165, 1.54) is 24.5 Å². The SMILES string of the molecule is CCc1cn(C2CC2)c(N2CCNCC2)n1. The van der Waals surface area contributed by atoms with Crippen molar-refractivity contribution in [1.29, 1.82) is 0 Å². The molecule has 0 unspecified atom stereocenters. The lowest BCUT2D eigenvalue weighted by molar-refractivity contribution is 0.566. The Hall–Kier alpha value is -1.03. The van der Waals surface area contributed by atoms with Crippen molar-refractivity contribution in [1.82, 2.24) is 14.9 Å². The zero-order valence-electron chi connectivity index (χ0n) is 9.95. The van der Waals surface area contributed by atoms with Gasteiger partial charge in [-0.25, -0.2) is 4.98 Å². The maximum Gasteiger partial charge on any atom is 0.206 e. The molecular formula is C12H20N4. The normalized spacial score (nSPS) is 21.4. The van der Waals surface area contributed by atoms with Gasteiger partial charge in [0.15, 0.2) is 0 Å². The monoisotopic (exact) mass is 220 g/mol. The summed E-state index contributed by atoms with van der Waals surface area (Å²) in [5, 5.41) is 3.39. The fourth-order valence-corrected chi connectivity index (χ4v) is 2.32. The molecule has 3 rings (SSSR count). The molecule has 1 aromatic rings. The molecule has 16 heavy (non-hydrogen) atoms. The van der Waals surface area contributed by atoms with Crippen molar-refractivity contribution >= 4 is 5.95 Å². The Morgan fingerprint density at radius 1 is 1.38 bits per heavy atom. The molecule has 1 aliphatic carbocycles. The van der Waals surface area contributed by atoms with Crippen LogP contribution in [0.5, 0.6) is 0 Å². The zero-order chi connectivity index (χ0) is 11.0. The minimum atomic E-state index is 0.734. The van der Waals surface area contributed by atoms with Gasteiger partial charge in [-0.3, -0.25) is 0 Å². The molecule has 1 saturated heterocycles. The van der Waals surface area contributed by atoms with Crippen molar-refractivity contribution in [2.24, 2.45) is 0 Å². The van der Waals surface area contributed by atoms with Crippen LogP contribution >= 0.6 is 0 Å². The average molecular weight is 220 g/mol. The smallest absolute Gasteiger partial charge is 0.206 e. The van der Waals surface area contributed by atoms with E-state index in [2.05, 4.69) is 27.9 Å². The molecule has 0 spiro atoms. The molecule has 88 valence electrons. The molecule has 4 nitrogen and oxygen atoms in total. The summed E-state index contributed by atoms with van der Waals surface area (Å²) in [4.78, 5) is 7.20. The minimum Gasteiger partial charge on any atom is -0.340 e. The number of aromatic nitrogens is 2. The van der Waals surface area contributed by atoms with Crippen LogP contribution in [0.15, 0.2) is 6.20 Å². The van der Waals surface area contributed by atoms with Crippen molar-refractivity contribution in [2.45, 2.75) is 32.2 Å². The predicted octanol–water partition coefficient (Wildman–Crippen LogP) is 1.19. The van der Waals surface area contributed by atoms with E-state index in [1.807, 2.05) is 0 Å². The number of imidazole rings is 1. The van der Waals surface area contributed by atoms with E-state index in [4.69, 9.17) is 4.98 Å². The van der Waals surface area contributed by atoms with Gasteiger partial charge in [0.1, 0.15) is 0 Å². The summed E-state index contributed by atoms with van der Waals surface area (Å²) in [6, 6.07) is 0.734. The largest absolute Gasteiger partial charge is 0.340 e. The van der Waals surface area contributed by atoms with Gasteiger partial charge in [-0.1, -0.05) is 6.92 Å². The molecule has 0 amide bonds. The van der Waals surface area contributed by atoms with E-state index in [1.54, 1.807) is 0 Å². The van der Waals surface area contributed by atoms with Crippen molar-refractivity contribution in [2.75, 3.05) is 31.1 Å². The van der Waals surface area contributed by atoms with Crippen LogP contribution in [0.4, 0.5) is 5.95 Å². The second-order valence-electron chi connectivity index (χ2n) is 4.76. The van der Waals surface area contributed by atoms with Gasteiger partial charge >= 0.3 is 0 Å². The summed E-state index contributed by atoms with van der Waals surface area (Å²) in [6.07, 6.45) is 5.96. The van der Waals surface area contributed by atoms with Gasteiger partial charge in [-0.2, -0.15) is 0 Å². The Morgan fingerprint density at radius 2 is 2.12 bits per heavy atom. The van der Waals surface area contributed by atoms with Crippen molar-refractivity contribution in [3.63, 3.8) is 0 Å². The number of hydrogen-bond acceptors (Lipinski definition) is 3. The number of piperazine rings is 1. The maximum atomic E-state index is 4.77. The highest BCUT2D eigenvalue weighted by Gasteiger charge is 2.28. The summed E-state index contributed by atoms with van der Waals surface area (Å²) in [5.74, 6) is 1.21. The van der Waals surface area contributed by atoms with Crippen LogP contribution in [0.25, 0.3) is 0 Å². The molecule has 0 bridgehead atoms. The van der Waals surface area contributed by atoms with Crippen molar-refractivity contribution in [3.05, 3.63) is 11.9 Å². The van der Waals surface area contributed by atoms with Crippen LogP contribution in [-0.2, 0) is 6.42 Å². The molecule has 1 saturated carbocycles. The average Bonchev–Trinajstić information content (AvgIpc) is 3.10. The first-order valence-electron chi connectivity index (χ1n) is 6.42. The summed E-state index contributed by atoms with van der Waals surface area (Å²) in [7, 11) is 0. The lowest BCUT2D eigenvalue weighted by Gasteiger charge is -2.28. The van der Waals surface area contributed by atoms with Crippen LogP contribution in [0, 0.1) is 0 Å². The van der Waals surface area contributed by atoms with E-state index in [0.717, 1.165) is 38.6 Å². The quantitative estimate of drug-likeness (QED) is 0.830. The highest BCUT2D eigenvalue weighted by Crippen LogP contribution is 2.38. The van der Waals surface area contributed by atoms with Gasteiger partial charge in [0.05, 0.1) is 5.69 Å². The van der Waals surface area contributed by atoms with Crippen LogP contribution in [0.2, 0.25) is 0 Å². The third-order valence-corrected chi connectivity index (χ3v) is 3.46. The number of anilines is 1. The fraction of sp³-hybridized carbons (Fsp3) is 0.750. The molecule has 1 N–H and O–H groups in total. The van der Waals surface area contributed by atoms with Crippen molar-refractivity contribution < 1.29 is 0 Å². The molecule has 1 aliphatic heterocycles. The van der Waals surface area contributed by atoms with Crippen LogP contribution in [0.1, 0.15) is 31.5 Å². The number of nitrogens with zero attached hydrogens (tertiary/aromatic N) is 3. The van der Waals surface area contributed by atoms with Crippen LogP contribution in [0.3, 0.4) is 0 Å². The highest BCUT2D eigenvalue weighted by molar-refractivity contribution is 5.36. The Balaban J connectivity index is 1.87. The Kier molecular flexibility index (Phi) is 2.59.